The zero-order valence-corrected chi connectivity index (χ0v) is 15.8. The largest absolute Gasteiger partial charge is 0.381 e. The van der Waals surface area contributed by atoms with E-state index >= 15 is 0 Å². The molecule has 150 valence electrons. The van der Waals surface area contributed by atoms with Crippen molar-refractivity contribution in [2.45, 2.75) is 25.7 Å². The lowest BCUT2D eigenvalue weighted by atomic mass is 9.97. The topological polar surface area (TPSA) is 76.7 Å². The number of fused-ring (bicyclic) bond motifs is 2. The Morgan fingerprint density at radius 2 is 2.14 bits per heavy atom. The average molecular weight is 398 g/mol. The standard InChI is InChI=1S/C20H20F2N6O/c1-11-14(6-18(21)22)19-16(25-11)3-2-15(26-19)13-4-5-28-17(13)8-24-20(27-28)23-7-12-9-29-10-12/h2-5,8,12,14,18H,6-7,9-10H2,1H3,(H,23,27). The molecule has 0 aliphatic carbocycles. The van der Waals surface area contributed by atoms with Gasteiger partial charge in [-0.05, 0) is 25.1 Å². The Morgan fingerprint density at radius 1 is 1.28 bits per heavy atom. The summed E-state index contributed by atoms with van der Waals surface area (Å²) in [5, 5.41) is 7.72. The summed E-state index contributed by atoms with van der Waals surface area (Å²) in [6.07, 6.45) is 0.925. The minimum atomic E-state index is -2.40. The van der Waals surface area contributed by atoms with E-state index in [1.807, 2.05) is 24.4 Å². The lowest BCUT2D eigenvalue weighted by Crippen LogP contribution is -2.33. The van der Waals surface area contributed by atoms with Gasteiger partial charge in [0.25, 0.3) is 0 Å². The molecule has 1 fully saturated rings. The van der Waals surface area contributed by atoms with E-state index in [0.717, 1.165) is 30.8 Å². The zero-order valence-electron chi connectivity index (χ0n) is 15.8. The molecule has 7 nitrogen and oxygen atoms in total. The minimum Gasteiger partial charge on any atom is -0.381 e. The number of nitrogens with zero attached hydrogens (tertiary/aromatic N) is 5. The van der Waals surface area contributed by atoms with E-state index in [1.165, 1.54) is 0 Å². The second kappa shape index (κ2) is 7.14. The predicted molar refractivity (Wildman–Crippen MR) is 105 cm³/mol. The Kier molecular flexibility index (Phi) is 4.46. The van der Waals surface area contributed by atoms with Crippen LogP contribution in [0.3, 0.4) is 0 Å². The molecule has 0 spiro atoms. The molecule has 1 unspecified atom stereocenters. The van der Waals surface area contributed by atoms with Crippen molar-refractivity contribution in [3.8, 4) is 11.3 Å². The van der Waals surface area contributed by atoms with Crippen LogP contribution in [0, 0.1) is 5.92 Å². The molecule has 5 heterocycles. The molecule has 1 saturated heterocycles. The van der Waals surface area contributed by atoms with E-state index in [2.05, 4.69) is 25.4 Å². The zero-order chi connectivity index (χ0) is 20.0. The van der Waals surface area contributed by atoms with E-state index < -0.39 is 12.3 Å². The number of hydrogen-bond donors (Lipinski definition) is 1. The number of hydrogen-bond acceptors (Lipinski definition) is 6. The van der Waals surface area contributed by atoms with Gasteiger partial charge in [0.15, 0.2) is 0 Å². The molecule has 2 aliphatic heterocycles. The fourth-order valence-corrected chi connectivity index (χ4v) is 3.73. The van der Waals surface area contributed by atoms with E-state index in [-0.39, 0.29) is 6.42 Å². The van der Waals surface area contributed by atoms with E-state index in [9.17, 15) is 8.78 Å². The Bertz CT molecular complexity index is 1090. The van der Waals surface area contributed by atoms with Crippen LogP contribution in [0.5, 0.6) is 0 Å². The van der Waals surface area contributed by atoms with Gasteiger partial charge in [-0.15, -0.1) is 5.10 Å². The molecule has 0 radical (unpaired) electrons. The number of rotatable bonds is 6. The van der Waals surface area contributed by atoms with Crippen LogP contribution in [0.15, 0.2) is 35.6 Å². The van der Waals surface area contributed by atoms with Crippen molar-refractivity contribution >= 4 is 22.9 Å². The first kappa shape index (κ1) is 18.1. The minimum absolute atomic E-state index is 0.264. The van der Waals surface area contributed by atoms with Crippen LogP contribution in [0.25, 0.3) is 16.8 Å². The van der Waals surface area contributed by atoms with Gasteiger partial charge in [-0.3, -0.25) is 4.99 Å². The van der Waals surface area contributed by atoms with Crippen molar-refractivity contribution in [3.63, 3.8) is 0 Å². The summed E-state index contributed by atoms with van der Waals surface area (Å²) in [7, 11) is 0. The monoisotopic (exact) mass is 398 g/mol. The molecule has 0 aromatic carbocycles. The Labute approximate surface area is 165 Å². The smallest absolute Gasteiger partial charge is 0.241 e. The molecule has 0 amide bonds. The summed E-state index contributed by atoms with van der Waals surface area (Å²) in [4.78, 5) is 13.5. The summed E-state index contributed by atoms with van der Waals surface area (Å²) in [5.41, 5.74) is 4.32. The SMILES string of the molecule is CC1=Nc2ccc(-c3ccn4nc(NCC5COC5)ncc34)nc2C1CC(F)F. The molecule has 0 saturated carbocycles. The van der Waals surface area contributed by atoms with E-state index in [0.29, 0.717) is 34.7 Å². The highest BCUT2D eigenvalue weighted by atomic mass is 19.3. The van der Waals surface area contributed by atoms with Gasteiger partial charge >= 0.3 is 0 Å². The summed E-state index contributed by atoms with van der Waals surface area (Å²) in [5.74, 6) is 0.604. The van der Waals surface area contributed by atoms with Crippen molar-refractivity contribution in [2.24, 2.45) is 10.9 Å². The molecule has 29 heavy (non-hydrogen) atoms. The molecule has 3 aromatic rings. The summed E-state index contributed by atoms with van der Waals surface area (Å²) < 4.78 is 32.9. The maximum Gasteiger partial charge on any atom is 0.241 e. The molecular weight excluding hydrogens is 378 g/mol. The van der Waals surface area contributed by atoms with Gasteiger partial charge in [-0.25, -0.2) is 23.3 Å². The number of anilines is 1. The fourth-order valence-electron chi connectivity index (χ4n) is 3.73. The fraction of sp³-hybridized carbons (Fsp3) is 0.400. The number of aliphatic imine (C=N–C) groups is 1. The lowest BCUT2D eigenvalue weighted by molar-refractivity contribution is -0.0249. The lowest BCUT2D eigenvalue weighted by Gasteiger charge is -2.25. The number of ether oxygens (including phenoxy) is 1. The molecule has 3 aromatic heterocycles. The first-order valence-electron chi connectivity index (χ1n) is 9.59. The average Bonchev–Trinajstić information content (AvgIpc) is 3.21. The number of aromatic nitrogens is 4. The first-order chi connectivity index (χ1) is 14.1. The number of nitrogens with one attached hydrogen (secondary N) is 1. The van der Waals surface area contributed by atoms with Crippen LogP contribution in [-0.2, 0) is 4.74 Å². The quantitative estimate of drug-likeness (QED) is 0.685. The van der Waals surface area contributed by atoms with Gasteiger partial charge < -0.3 is 10.1 Å². The Morgan fingerprint density at radius 3 is 2.90 bits per heavy atom. The second-order valence-electron chi connectivity index (χ2n) is 7.46. The first-order valence-corrected chi connectivity index (χ1v) is 9.59. The van der Waals surface area contributed by atoms with Gasteiger partial charge in [-0.2, -0.15) is 0 Å². The highest BCUT2D eigenvalue weighted by Crippen LogP contribution is 2.39. The number of halogens is 2. The van der Waals surface area contributed by atoms with Gasteiger partial charge in [-0.1, -0.05) is 0 Å². The van der Waals surface area contributed by atoms with Crippen LogP contribution >= 0.6 is 0 Å². The molecule has 1 N–H and O–H groups in total. The van der Waals surface area contributed by atoms with Crippen LogP contribution in [0.4, 0.5) is 20.4 Å². The predicted octanol–water partition coefficient (Wildman–Crippen LogP) is 3.69. The normalized spacial score (nSPS) is 18.8. The highest BCUT2D eigenvalue weighted by molar-refractivity contribution is 5.96. The number of pyridine rings is 1. The van der Waals surface area contributed by atoms with Gasteiger partial charge in [0.1, 0.15) is 0 Å². The van der Waals surface area contributed by atoms with Crippen molar-refractivity contribution < 1.29 is 13.5 Å². The third-order valence-corrected chi connectivity index (χ3v) is 5.40. The van der Waals surface area contributed by atoms with Crippen molar-refractivity contribution in [2.75, 3.05) is 25.1 Å². The summed E-state index contributed by atoms with van der Waals surface area (Å²) in [6.45, 7) is 4.09. The maximum absolute atomic E-state index is 13.0. The Hall–Kier alpha value is -2.94. The van der Waals surface area contributed by atoms with Crippen molar-refractivity contribution in [1.82, 2.24) is 19.6 Å². The van der Waals surface area contributed by atoms with Crippen LogP contribution < -0.4 is 5.32 Å². The van der Waals surface area contributed by atoms with Crippen molar-refractivity contribution in [3.05, 3.63) is 36.3 Å². The van der Waals surface area contributed by atoms with Gasteiger partial charge in [0, 0.05) is 42.3 Å². The third-order valence-electron chi connectivity index (χ3n) is 5.40. The number of alkyl halides is 2. The van der Waals surface area contributed by atoms with Crippen LogP contribution in [0.2, 0.25) is 0 Å². The van der Waals surface area contributed by atoms with Crippen molar-refractivity contribution in [1.29, 1.82) is 0 Å². The second-order valence-corrected chi connectivity index (χ2v) is 7.46. The Balaban J connectivity index is 1.43. The molecule has 5 rings (SSSR count). The van der Waals surface area contributed by atoms with Gasteiger partial charge in [0.05, 0.1) is 42.0 Å². The summed E-state index contributed by atoms with van der Waals surface area (Å²) in [6, 6.07) is 5.61. The third kappa shape index (κ3) is 3.35. The van der Waals surface area contributed by atoms with E-state index in [4.69, 9.17) is 4.74 Å². The molecule has 1 atom stereocenters. The molecule has 9 heteroatoms. The molecular formula is C20H20F2N6O. The summed E-state index contributed by atoms with van der Waals surface area (Å²) >= 11 is 0. The molecule has 0 bridgehead atoms. The van der Waals surface area contributed by atoms with Crippen LogP contribution in [-0.4, -0.2) is 51.5 Å². The molecule has 2 aliphatic rings. The highest BCUT2D eigenvalue weighted by Gasteiger charge is 2.29. The van der Waals surface area contributed by atoms with E-state index in [1.54, 1.807) is 17.6 Å². The van der Waals surface area contributed by atoms with Crippen LogP contribution in [0.1, 0.15) is 25.0 Å². The van der Waals surface area contributed by atoms with Gasteiger partial charge in [0.2, 0.25) is 12.4 Å². The maximum atomic E-state index is 13.0.